The zero-order valence-corrected chi connectivity index (χ0v) is 7.57. The van der Waals surface area contributed by atoms with Gasteiger partial charge in [0.2, 0.25) is 0 Å². The molecule has 2 saturated carbocycles. The minimum absolute atomic E-state index is 0.482. The van der Waals surface area contributed by atoms with Crippen molar-refractivity contribution in [1.82, 2.24) is 0 Å². The summed E-state index contributed by atoms with van der Waals surface area (Å²) in [5, 5.41) is 0. The van der Waals surface area contributed by atoms with E-state index < -0.39 is 0 Å². The van der Waals surface area contributed by atoms with Gasteiger partial charge in [0, 0.05) is 0 Å². The molecule has 0 radical (unpaired) electrons. The molecule has 3 rings (SSSR count). The zero-order chi connectivity index (χ0) is 6.06. The van der Waals surface area contributed by atoms with Gasteiger partial charge in [-0.15, -0.1) is 0 Å². The number of rotatable bonds is 2. The normalized spacial score (nSPS) is 60.8. The summed E-state index contributed by atoms with van der Waals surface area (Å²) in [5.74, 6) is 1.18. The summed E-state index contributed by atoms with van der Waals surface area (Å²) in [6.45, 7) is 0. The van der Waals surface area contributed by atoms with E-state index in [0.29, 0.717) is 8.90 Å². The molecule has 0 aromatic heterocycles. The molecule has 9 heavy (non-hydrogen) atoms. The Bertz CT molecular complexity index is 233. The Hall–Kier alpha value is 1.13. The SMILES string of the molecule is P#[S-]1SC1CC12CC1C2. The molecule has 2 aliphatic carbocycles. The first kappa shape index (κ1) is 5.74. The summed E-state index contributed by atoms with van der Waals surface area (Å²) in [4.78, 5) is 0. The average molecular weight is 175 g/mol. The number of fused-ring (bicyclic) bond motifs is 1. The molecule has 0 aromatic carbocycles. The van der Waals surface area contributed by atoms with E-state index in [2.05, 4.69) is 18.6 Å². The van der Waals surface area contributed by atoms with Crippen LogP contribution in [-0.2, 0) is 8.90 Å². The molecule has 50 valence electrons. The van der Waals surface area contributed by atoms with Crippen LogP contribution in [0.4, 0.5) is 0 Å². The average Bonchev–Trinajstić information content (AvgIpc) is 2.51. The molecule has 3 aliphatic rings. The molecular weight excluding hydrogens is 167 g/mol. The van der Waals surface area contributed by atoms with E-state index in [4.69, 9.17) is 0 Å². The van der Waals surface area contributed by atoms with Gasteiger partial charge in [-0.3, -0.25) is 0 Å². The summed E-state index contributed by atoms with van der Waals surface area (Å²) in [6.07, 6.45) is 4.64. The van der Waals surface area contributed by atoms with E-state index in [1.54, 1.807) is 12.8 Å². The van der Waals surface area contributed by atoms with Crippen molar-refractivity contribution in [2.75, 3.05) is 0 Å². The minimum atomic E-state index is 0.482. The van der Waals surface area contributed by atoms with Crippen LogP contribution in [0.1, 0.15) is 19.3 Å². The Balaban J connectivity index is 1.68. The Kier molecular flexibility index (Phi) is 0.950. The molecule has 0 nitrogen and oxygen atoms in total. The van der Waals surface area contributed by atoms with E-state index in [0.717, 1.165) is 10.00 Å². The van der Waals surface area contributed by atoms with Crippen molar-refractivity contribution in [2.24, 2.45) is 11.3 Å². The molecule has 3 fully saturated rings. The first-order valence-corrected chi connectivity index (χ1v) is 7.13. The van der Waals surface area contributed by atoms with Crippen LogP contribution in [0, 0.1) is 11.3 Å². The monoisotopic (exact) mass is 175 g/mol. The van der Waals surface area contributed by atoms with Crippen LogP contribution in [0.3, 0.4) is 0 Å². The Morgan fingerprint density at radius 2 is 2.22 bits per heavy atom. The van der Waals surface area contributed by atoms with Gasteiger partial charge in [0.15, 0.2) is 0 Å². The van der Waals surface area contributed by atoms with E-state index in [1.165, 1.54) is 12.3 Å². The second-order valence-electron chi connectivity index (χ2n) is 3.47. The number of hydrogen-bond donors (Lipinski definition) is 0. The topological polar surface area (TPSA) is 0 Å². The van der Waals surface area contributed by atoms with E-state index in [1.807, 2.05) is 0 Å². The van der Waals surface area contributed by atoms with Crippen molar-refractivity contribution in [3.8, 4) is 0 Å². The fourth-order valence-corrected chi connectivity index (χ4v) is 5.68. The molecular formula is C6H8PS2-. The van der Waals surface area contributed by atoms with Crippen LogP contribution in [0.15, 0.2) is 0 Å². The van der Waals surface area contributed by atoms with Gasteiger partial charge in [-0.1, -0.05) is 0 Å². The Morgan fingerprint density at radius 3 is 2.56 bits per heavy atom. The van der Waals surface area contributed by atoms with Crippen molar-refractivity contribution < 1.29 is 0 Å². The summed E-state index contributed by atoms with van der Waals surface area (Å²) in [7, 11) is 6.98. The van der Waals surface area contributed by atoms with Crippen LogP contribution in [0.25, 0.3) is 0 Å². The second-order valence-corrected chi connectivity index (χ2v) is 9.23. The van der Waals surface area contributed by atoms with Crippen molar-refractivity contribution in [3.05, 3.63) is 0 Å². The van der Waals surface area contributed by atoms with Gasteiger partial charge in [0.1, 0.15) is 0 Å². The standard InChI is InChI=1S/C6H8PS2/c7-9-5(8-9)3-6-1-4(6)2-6/h4-5H,1-3H2/q-1. The van der Waals surface area contributed by atoms with Gasteiger partial charge in [-0.05, 0) is 0 Å². The first-order valence-electron chi connectivity index (χ1n) is 3.39. The van der Waals surface area contributed by atoms with Crippen LogP contribution in [-0.4, -0.2) is 4.58 Å². The van der Waals surface area contributed by atoms with E-state index in [-0.39, 0.29) is 0 Å². The van der Waals surface area contributed by atoms with Gasteiger partial charge in [-0.25, -0.2) is 0 Å². The van der Waals surface area contributed by atoms with Gasteiger partial charge in [0.25, 0.3) is 0 Å². The van der Waals surface area contributed by atoms with Gasteiger partial charge in [0.05, 0.1) is 0 Å². The molecule has 1 atom stereocenters. The molecule has 0 aromatic rings. The van der Waals surface area contributed by atoms with Crippen LogP contribution in [0.2, 0.25) is 0 Å². The van der Waals surface area contributed by atoms with Crippen molar-refractivity contribution in [2.45, 2.75) is 23.8 Å². The first-order chi connectivity index (χ1) is 4.30. The Labute approximate surface area is 63.0 Å². The summed E-state index contributed by atoms with van der Waals surface area (Å²) >= 11 is 0. The third kappa shape index (κ3) is 0.797. The second kappa shape index (κ2) is 1.49. The molecule has 1 saturated heterocycles. The fourth-order valence-electron chi connectivity index (χ4n) is 1.66. The third-order valence-corrected chi connectivity index (χ3v) is 7.84. The van der Waals surface area contributed by atoms with E-state index in [9.17, 15) is 0 Å². The van der Waals surface area contributed by atoms with Gasteiger partial charge in [-0.2, -0.15) is 0 Å². The van der Waals surface area contributed by atoms with Crippen molar-refractivity contribution in [3.63, 3.8) is 0 Å². The number of hydrogen-bond acceptors (Lipinski definition) is 2. The van der Waals surface area contributed by atoms with E-state index >= 15 is 0 Å². The fraction of sp³-hybridized carbons (Fsp3) is 1.00. The molecule has 0 amide bonds. The summed E-state index contributed by atoms with van der Waals surface area (Å²) < 4.78 is 0.973. The Morgan fingerprint density at radius 1 is 1.67 bits per heavy atom. The van der Waals surface area contributed by atoms with Crippen LogP contribution in [0.5, 0.6) is 0 Å². The molecule has 1 unspecified atom stereocenters. The van der Waals surface area contributed by atoms with Crippen molar-refractivity contribution >= 4 is 27.5 Å². The third-order valence-electron chi connectivity index (χ3n) is 2.82. The molecule has 1 aliphatic heterocycles. The van der Waals surface area contributed by atoms with Crippen LogP contribution < -0.4 is 0 Å². The molecule has 1 heterocycles. The summed E-state index contributed by atoms with van der Waals surface area (Å²) in [6, 6.07) is 0. The predicted octanol–water partition coefficient (Wildman–Crippen LogP) is 2.72. The van der Waals surface area contributed by atoms with Crippen LogP contribution >= 0.6 is 18.6 Å². The van der Waals surface area contributed by atoms with Gasteiger partial charge < -0.3 is 0 Å². The molecule has 3 heteroatoms. The molecule has 0 N–H and O–H groups in total. The maximum absolute atomic E-state index is 4.42. The summed E-state index contributed by atoms with van der Waals surface area (Å²) in [5.41, 5.74) is 0.919. The molecule has 0 spiro atoms. The van der Waals surface area contributed by atoms with Crippen molar-refractivity contribution in [1.29, 1.82) is 0 Å². The zero-order valence-electron chi connectivity index (χ0n) is 5.04. The van der Waals surface area contributed by atoms with Gasteiger partial charge >= 0.3 is 62.7 Å². The maximum atomic E-state index is 4.42. The quantitative estimate of drug-likeness (QED) is 0.269. The predicted molar refractivity (Wildman–Crippen MR) is 45.4 cm³/mol. The molecule has 0 bridgehead atoms.